The average molecular weight is 355 g/mol. The summed E-state index contributed by atoms with van der Waals surface area (Å²) in [4.78, 5) is 48.0. The third-order valence-corrected chi connectivity index (χ3v) is 4.47. The number of carbonyl (C=O) groups is 2. The molecule has 0 atom stereocenters. The standard InChI is InChI=1S/C18H17N3O5/c1-18(2)8-14-10(15(22)9-18)7-11(16(19)23)17(24)20(14)12-5-3-4-6-13(12)21(25)26/h3-7H,8-9H2,1-2H3,(H2,19,23). The monoisotopic (exact) mass is 355 g/mol. The van der Waals surface area contributed by atoms with E-state index in [4.69, 9.17) is 5.73 Å². The van der Waals surface area contributed by atoms with E-state index < -0.39 is 21.8 Å². The van der Waals surface area contributed by atoms with Gasteiger partial charge in [0.05, 0.1) is 4.92 Å². The molecule has 8 nitrogen and oxygen atoms in total. The van der Waals surface area contributed by atoms with E-state index >= 15 is 0 Å². The fourth-order valence-electron chi connectivity index (χ4n) is 3.35. The summed E-state index contributed by atoms with van der Waals surface area (Å²) in [6.45, 7) is 3.76. The van der Waals surface area contributed by atoms with Crippen LogP contribution in [0.4, 0.5) is 5.69 Å². The molecule has 1 heterocycles. The lowest BCUT2D eigenvalue weighted by Gasteiger charge is -2.32. The Morgan fingerprint density at radius 2 is 1.88 bits per heavy atom. The Labute approximate surface area is 148 Å². The highest BCUT2D eigenvalue weighted by molar-refractivity contribution is 6.02. The predicted octanol–water partition coefficient (Wildman–Crippen LogP) is 2.00. The average Bonchev–Trinajstić information content (AvgIpc) is 2.53. The highest BCUT2D eigenvalue weighted by atomic mass is 16.6. The molecular formula is C18H17N3O5. The van der Waals surface area contributed by atoms with Gasteiger partial charge in [-0.1, -0.05) is 26.0 Å². The first-order valence-electron chi connectivity index (χ1n) is 7.98. The number of hydrogen-bond donors (Lipinski definition) is 1. The minimum Gasteiger partial charge on any atom is -0.365 e. The number of Topliss-reactive ketones (excluding diaryl/α,β-unsaturated/α-hetero) is 1. The minimum atomic E-state index is -0.984. The molecule has 0 saturated carbocycles. The van der Waals surface area contributed by atoms with Crippen LogP contribution in [-0.4, -0.2) is 21.2 Å². The lowest BCUT2D eigenvalue weighted by molar-refractivity contribution is -0.384. The summed E-state index contributed by atoms with van der Waals surface area (Å²) in [7, 11) is 0. The van der Waals surface area contributed by atoms with Crippen LogP contribution in [0.1, 0.15) is 46.7 Å². The number of ketones is 1. The van der Waals surface area contributed by atoms with Crippen molar-refractivity contribution in [3.05, 3.63) is 67.6 Å². The van der Waals surface area contributed by atoms with Crippen LogP contribution in [-0.2, 0) is 6.42 Å². The van der Waals surface area contributed by atoms with Gasteiger partial charge < -0.3 is 5.73 Å². The lowest BCUT2D eigenvalue weighted by atomic mass is 9.75. The topological polar surface area (TPSA) is 125 Å². The molecule has 0 bridgehead atoms. The lowest BCUT2D eigenvalue weighted by Crippen LogP contribution is -2.37. The molecule has 2 N–H and O–H groups in total. The smallest absolute Gasteiger partial charge is 0.293 e. The van der Waals surface area contributed by atoms with Crippen LogP contribution in [0.15, 0.2) is 35.1 Å². The second-order valence-corrected chi connectivity index (χ2v) is 7.11. The van der Waals surface area contributed by atoms with Crippen molar-refractivity contribution in [1.82, 2.24) is 4.57 Å². The number of benzene rings is 1. The van der Waals surface area contributed by atoms with Gasteiger partial charge in [-0.25, -0.2) is 0 Å². The number of nitrogens with zero attached hydrogens (tertiary/aromatic N) is 2. The van der Waals surface area contributed by atoms with E-state index in [-0.39, 0.29) is 34.7 Å². The molecule has 1 aliphatic carbocycles. The number of amides is 1. The van der Waals surface area contributed by atoms with E-state index in [1.54, 1.807) is 6.07 Å². The maximum atomic E-state index is 12.9. The third-order valence-electron chi connectivity index (χ3n) is 4.47. The molecule has 0 fully saturated rings. The van der Waals surface area contributed by atoms with E-state index in [1.807, 2.05) is 13.8 Å². The number of nitro benzene ring substituents is 1. The first-order valence-corrected chi connectivity index (χ1v) is 7.98. The molecule has 1 amide bonds. The molecule has 1 aromatic carbocycles. The van der Waals surface area contributed by atoms with Crippen LogP contribution < -0.4 is 11.3 Å². The summed E-state index contributed by atoms with van der Waals surface area (Å²) in [6, 6.07) is 6.92. The highest BCUT2D eigenvalue weighted by Crippen LogP contribution is 2.36. The van der Waals surface area contributed by atoms with Crippen molar-refractivity contribution in [1.29, 1.82) is 0 Å². The zero-order valence-corrected chi connectivity index (χ0v) is 14.3. The summed E-state index contributed by atoms with van der Waals surface area (Å²) in [5.41, 5.74) is 4.01. The molecule has 0 aliphatic heterocycles. The first-order chi connectivity index (χ1) is 12.1. The molecule has 0 saturated heterocycles. The highest BCUT2D eigenvalue weighted by Gasteiger charge is 2.35. The van der Waals surface area contributed by atoms with E-state index in [0.29, 0.717) is 12.1 Å². The first kappa shape index (κ1) is 17.5. The quantitative estimate of drug-likeness (QED) is 0.666. The van der Waals surface area contributed by atoms with E-state index in [1.165, 1.54) is 24.3 Å². The van der Waals surface area contributed by atoms with Crippen LogP contribution in [0.3, 0.4) is 0 Å². The van der Waals surface area contributed by atoms with Crippen molar-refractivity contribution in [2.45, 2.75) is 26.7 Å². The fraction of sp³-hybridized carbons (Fsp3) is 0.278. The Balaban J connectivity index is 2.46. The molecule has 134 valence electrons. The molecule has 3 rings (SSSR count). The molecule has 8 heteroatoms. The van der Waals surface area contributed by atoms with Crippen molar-refractivity contribution in [3.63, 3.8) is 0 Å². The molecule has 1 aliphatic rings. The van der Waals surface area contributed by atoms with Crippen LogP contribution in [0.5, 0.6) is 0 Å². The Bertz CT molecular complexity index is 1020. The number of nitrogens with two attached hydrogens (primary N) is 1. The Kier molecular flexibility index (Phi) is 3.98. The molecule has 0 unspecified atom stereocenters. The second-order valence-electron chi connectivity index (χ2n) is 7.11. The van der Waals surface area contributed by atoms with E-state index in [9.17, 15) is 24.5 Å². The zero-order chi connectivity index (χ0) is 19.2. The van der Waals surface area contributed by atoms with E-state index in [2.05, 4.69) is 0 Å². The van der Waals surface area contributed by atoms with Gasteiger partial charge in [-0.05, 0) is 24.0 Å². The van der Waals surface area contributed by atoms with Gasteiger partial charge in [-0.3, -0.25) is 29.1 Å². The zero-order valence-electron chi connectivity index (χ0n) is 14.3. The fourth-order valence-corrected chi connectivity index (χ4v) is 3.35. The number of para-hydroxylation sites is 2. The molecule has 26 heavy (non-hydrogen) atoms. The van der Waals surface area contributed by atoms with Crippen molar-refractivity contribution in [2.24, 2.45) is 11.1 Å². The van der Waals surface area contributed by atoms with Gasteiger partial charge in [0.15, 0.2) is 5.78 Å². The Morgan fingerprint density at radius 1 is 1.23 bits per heavy atom. The number of aromatic nitrogens is 1. The van der Waals surface area contributed by atoms with Gasteiger partial charge in [-0.2, -0.15) is 0 Å². The van der Waals surface area contributed by atoms with Crippen LogP contribution in [0.25, 0.3) is 5.69 Å². The SMILES string of the molecule is CC1(C)CC(=O)c2cc(C(N)=O)c(=O)n(-c3ccccc3[N+](=O)[O-])c2C1. The number of fused-ring (bicyclic) bond motifs is 1. The van der Waals surface area contributed by atoms with Gasteiger partial charge in [-0.15, -0.1) is 0 Å². The molecular weight excluding hydrogens is 338 g/mol. The summed E-state index contributed by atoms with van der Waals surface area (Å²) in [5, 5.41) is 11.4. The van der Waals surface area contributed by atoms with Gasteiger partial charge in [0.25, 0.3) is 17.2 Å². The van der Waals surface area contributed by atoms with Gasteiger partial charge in [0, 0.05) is 23.7 Å². The van der Waals surface area contributed by atoms with Crippen molar-refractivity contribution >= 4 is 17.4 Å². The number of pyridine rings is 1. The van der Waals surface area contributed by atoms with Crippen LogP contribution >= 0.6 is 0 Å². The van der Waals surface area contributed by atoms with Crippen LogP contribution in [0, 0.1) is 15.5 Å². The molecule has 1 aromatic heterocycles. The summed E-state index contributed by atoms with van der Waals surface area (Å²) in [5.74, 6) is -1.21. The summed E-state index contributed by atoms with van der Waals surface area (Å²) in [6.07, 6.45) is 0.599. The number of rotatable bonds is 3. The molecule has 2 aromatic rings. The normalized spacial score (nSPS) is 15.4. The molecule has 0 spiro atoms. The largest absolute Gasteiger partial charge is 0.365 e. The number of hydrogen-bond acceptors (Lipinski definition) is 5. The number of nitro groups is 1. The van der Waals surface area contributed by atoms with Gasteiger partial charge in [0.2, 0.25) is 0 Å². The van der Waals surface area contributed by atoms with E-state index in [0.717, 1.165) is 4.57 Å². The number of primary amides is 1. The molecule has 0 radical (unpaired) electrons. The van der Waals surface area contributed by atoms with Crippen molar-refractivity contribution in [3.8, 4) is 5.69 Å². The van der Waals surface area contributed by atoms with Crippen molar-refractivity contribution in [2.75, 3.05) is 0 Å². The maximum Gasteiger partial charge on any atom is 0.293 e. The third kappa shape index (κ3) is 2.79. The van der Waals surface area contributed by atoms with Gasteiger partial charge in [0.1, 0.15) is 11.3 Å². The maximum absolute atomic E-state index is 12.9. The summed E-state index contributed by atoms with van der Waals surface area (Å²) < 4.78 is 1.09. The predicted molar refractivity (Wildman–Crippen MR) is 93.6 cm³/mol. The second kappa shape index (κ2) is 5.91. The van der Waals surface area contributed by atoms with Gasteiger partial charge >= 0.3 is 0 Å². The minimum absolute atomic E-state index is 0.00681. The van der Waals surface area contributed by atoms with Crippen molar-refractivity contribution < 1.29 is 14.5 Å². The van der Waals surface area contributed by atoms with Crippen LogP contribution in [0.2, 0.25) is 0 Å². The number of carbonyl (C=O) groups excluding carboxylic acids is 2. The Morgan fingerprint density at radius 3 is 2.50 bits per heavy atom. The Hall–Kier alpha value is -3.29. The summed E-state index contributed by atoms with van der Waals surface area (Å²) >= 11 is 0.